The largest absolute Gasteiger partial charge is 0.396 e. The van der Waals surface area contributed by atoms with Gasteiger partial charge in [-0.3, -0.25) is 0 Å². The monoisotopic (exact) mass is 282 g/mol. The molecule has 0 radical (unpaired) electrons. The number of aliphatic hydroxyl groups is 1. The summed E-state index contributed by atoms with van der Waals surface area (Å²) in [5.41, 5.74) is 0. The van der Waals surface area contributed by atoms with Gasteiger partial charge in [0.25, 0.3) is 0 Å². The third-order valence-electron chi connectivity index (χ3n) is 2.95. The van der Waals surface area contributed by atoms with E-state index >= 15 is 0 Å². The van der Waals surface area contributed by atoms with Crippen molar-refractivity contribution >= 4 is 17.8 Å². The zero-order chi connectivity index (χ0) is 14.6. The van der Waals surface area contributed by atoms with Gasteiger partial charge in [0.1, 0.15) is 0 Å². The minimum atomic E-state index is 0.308. The van der Waals surface area contributed by atoms with Crippen LogP contribution in [0.2, 0.25) is 0 Å². The zero-order valence-corrected chi connectivity index (χ0v) is 12.4. The summed E-state index contributed by atoms with van der Waals surface area (Å²) in [6.07, 6.45) is 6.72. The fourth-order valence-corrected chi connectivity index (χ4v) is 1.82. The molecule has 0 aromatic carbocycles. The van der Waals surface area contributed by atoms with Gasteiger partial charge in [-0.25, -0.2) is 0 Å². The lowest BCUT2D eigenvalue weighted by Crippen LogP contribution is -2.10. The molecule has 7 nitrogen and oxygen atoms in total. The van der Waals surface area contributed by atoms with Crippen LogP contribution in [0.5, 0.6) is 0 Å². The summed E-state index contributed by atoms with van der Waals surface area (Å²) in [4.78, 5) is 12.6. The van der Waals surface area contributed by atoms with Crippen molar-refractivity contribution in [1.82, 2.24) is 15.0 Å². The van der Waals surface area contributed by atoms with E-state index in [0.29, 0.717) is 24.5 Å². The van der Waals surface area contributed by atoms with Crippen molar-refractivity contribution in [2.45, 2.75) is 38.5 Å². The highest BCUT2D eigenvalue weighted by molar-refractivity contribution is 5.41. The van der Waals surface area contributed by atoms with E-state index in [1.165, 1.54) is 19.3 Å². The second-order valence-electron chi connectivity index (χ2n) is 4.58. The smallest absolute Gasteiger partial charge is 0.229 e. The zero-order valence-electron chi connectivity index (χ0n) is 12.4. The van der Waals surface area contributed by atoms with Gasteiger partial charge in [0, 0.05) is 27.2 Å². The third-order valence-corrected chi connectivity index (χ3v) is 2.95. The maximum atomic E-state index is 8.68. The van der Waals surface area contributed by atoms with Crippen molar-refractivity contribution in [2.75, 3.05) is 43.2 Å². The van der Waals surface area contributed by atoms with Crippen LogP contribution in [0.25, 0.3) is 0 Å². The second-order valence-corrected chi connectivity index (χ2v) is 4.58. The molecule has 0 saturated carbocycles. The van der Waals surface area contributed by atoms with Crippen molar-refractivity contribution < 1.29 is 5.11 Å². The highest BCUT2D eigenvalue weighted by Crippen LogP contribution is 2.09. The number of aromatic nitrogens is 3. The Labute approximate surface area is 120 Å². The molecule has 1 aromatic heterocycles. The highest BCUT2D eigenvalue weighted by atomic mass is 16.2. The molecule has 0 aliphatic carbocycles. The number of nitrogens with one attached hydrogen (secondary N) is 3. The van der Waals surface area contributed by atoms with Gasteiger partial charge in [0.2, 0.25) is 17.8 Å². The Kier molecular flexibility index (Phi) is 8.37. The van der Waals surface area contributed by atoms with Crippen molar-refractivity contribution in [1.29, 1.82) is 0 Å². The number of rotatable bonds is 11. The lowest BCUT2D eigenvalue weighted by molar-refractivity contribution is 0.282. The fourth-order valence-electron chi connectivity index (χ4n) is 1.82. The van der Waals surface area contributed by atoms with Gasteiger partial charge in [-0.1, -0.05) is 25.7 Å². The highest BCUT2D eigenvalue weighted by Gasteiger charge is 2.03. The summed E-state index contributed by atoms with van der Waals surface area (Å²) < 4.78 is 0. The van der Waals surface area contributed by atoms with Crippen molar-refractivity contribution in [3.63, 3.8) is 0 Å². The molecule has 7 heteroatoms. The normalized spacial score (nSPS) is 10.3. The summed E-state index contributed by atoms with van der Waals surface area (Å²) in [6, 6.07) is 0. The molecular weight excluding hydrogens is 256 g/mol. The number of anilines is 3. The number of unbranched alkanes of at least 4 members (excludes halogenated alkanes) is 5. The number of hydrogen-bond donors (Lipinski definition) is 4. The molecule has 0 spiro atoms. The number of nitrogens with zero attached hydrogens (tertiary/aromatic N) is 3. The van der Waals surface area contributed by atoms with Gasteiger partial charge in [-0.2, -0.15) is 15.0 Å². The molecular formula is C13H26N6O. The van der Waals surface area contributed by atoms with Gasteiger partial charge < -0.3 is 21.1 Å². The Morgan fingerprint density at radius 3 is 1.80 bits per heavy atom. The molecule has 4 N–H and O–H groups in total. The molecule has 0 aliphatic heterocycles. The minimum absolute atomic E-state index is 0.308. The Morgan fingerprint density at radius 2 is 1.25 bits per heavy atom. The average molecular weight is 282 g/mol. The van der Waals surface area contributed by atoms with Crippen LogP contribution >= 0.6 is 0 Å². The van der Waals surface area contributed by atoms with E-state index in [-0.39, 0.29) is 0 Å². The van der Waals surface area contributed by atoms with Crippen LogP contribution in [0.15, 0.2) is 0 Å². The molecule has 0 saturated heterocycles. The van der Waals surface area contributed by atoms with E-state index in [1.54, 1.807) is 14.1 Å². The first-order valence-electron chi connectivity index (χ1n) is 7.26. The van der Waals surface area contributed by atoms with E-state index in [0.717, 1.165) is 25.8 Å². The van der Waals surface area contributed by atoms with E-state index in [9.17, 15) is 0 Å². The average Bonchev–Trinajstić information content (AvgIpc) is 2.49. The molecule has 0 unspecified atom stereocenters. The SMILES string of the molecule is CNc1nc(NC)nc(NCCCCCCCCO)n1. The molecule has 20 heavy (non-hydrogen) atoms. The van der Waals surface area contributed by atoms with Crippen molar-refractivity contribution in [2.24, 2.45) is 0 Å². The Balaban J connectivity index is 2.21. The lowest BCUT2D eigenvalue weighted by Gasteiger charge is -2.08. The first-order chi connectivity index (χ1) is 9.80. The van der Waals surface area contributed by atoms with Crippen molar-refractivity contribution in [3.8, 4) is 0 Å². The van der Waals surface area contributed by atoms with Gasteiger partial charge in [-0.05, 0) is 12.8 Å². The first-order valence-corrected chi connectivity index (χ1v) is 7.26. The summed E-state index contributed by atoms with van der Waals surface area (Å²) in [5.74, 6) is 1.70. The topological polar surface area (TPSA) is 95.0 Å². The van der Waals surface area contributed by atoms with Crippen LogP contribution in [0.3, 0.4) is 0 Å². The quantitative estimate of drug-likeness (QED) is 0.459. The van der Waals surface area contributed by atoms with Crippen LogP contribution in [0.4, 0.5) is 17.8 Å². The lowest BCUT2D eigenvalue weighted by atomic mass is 10.1. The molecule has 0 fully saturated rings. The van der Waals surface area contributed by atoms with Gasteiger partial charge in [-0.15, -0.1) is 0 Å². The van der Waals surface area contributed by atoms with E-state index in [4.69, 9.17) is 5.11 Å². The van der Waals surface area contributed by atoms with E-state index in [2.05, 4.69) is 30.9 Å². The molecule has 0 atom stereocenters. The molecule has 0 bridgehead atoms. The predicted octanol–water partition coefficient (Wildman–Crippen LogP) is 1.70. The summed E-state index contributed by atoms with van der Waals surface area (Å²) >= 11 is 0. The molecule has 1 rings (SSSR count). The third kappa shape index (κ3) is 6.51. The first kappa shape index (κ1) is 16.4. The van der Waals surface area contributed by atoms with Crippen LogP contribution in [-0.2, 0) is 0 Å². The van der Waals surface area contributed by atoms with E-state index < -0.39 is 0 Å². The van der Waals surface area contributed by atoms with Crippen LogP contribution < -0.4 is 16.0 Å². The molecule has 0 amide bonds. The Morgan fingerprint density at radius 1 is 0.750 bits per heavy atom. The van der Waals surface area contributed by atoms with Gasteiger partial charge in [0.15, 0.2) is 0 Å². The minimum Gasteiger partial charge on any atom is -0.396 e. The summed E-state index contributed by atoms with van der Waals surface area (Å²) in [5, 5.41) is 17.7. The Bertz CT molecular complexity index is 352. The van der Waals surface area contributed by atoms with Crippen LogP contribution in [0, 0.1) is 0 Å². The molecule has 114 valence electrons. The molecule has 0 aliphatic rings. The van der Waals surface area contributed by atoms with Crippen molar-refractivity contribution in [3.05, 3.63) is 0 Å². The molecule has 1 aromatic rings. The van der Waals surface area contributed by atoms with E-state index in [1.807, 2.05) is 0 Å². The second kappa shape index (κ2) is 10.2. The summed E-state index contributed by atoms with van der Waals surface area (Å²) in [6.45, 7) is 1.17. The maximum absolute atomic E-state index is 8.68. The fraction of sp³-hybridized carbons (Fsp3) is 0.769. The summed E-state index contributed by atoms with van der Waals surface area (Å²) in [7, 11) is 3.57. The van der Waals surface area contributed by atoms with Crippen LogP contribution in [-0.4, -0.2) is 47.3 Å². The van der Waals surface area contributed by atoms with Gasteiger partial charge in [0.05, 0.1) is 0 Å². The predicted molar refractivity (Wildman–Crippen MR) is 82.2 cm³/mol. The maximum Gasteiger partial charge on any atom is 0.229 e. The van der Waals surface area contributed by atoms with Gasteiger partial charge >= 0.3 is 0 Å². The number of hydrogen-bond acceptors (Lipinski definition) is 7. The Hall–Kier alpha value is -1.63. The van der Waals surface area contributed by atoms with Crippen LogP contribution in [0.1, 0.15) is 38.5 Å². The number of aliphatic hydroxyl groups excluding tert-OH is 1. The molecule has 1 heterocycles. The standard InChI is InChI=1S/C13H26N6O/c1-14-11-17-12(15-2)19-13(18-11)16-9-7-5-3-4-6-8-10-20/h20H,3-10H2,1-2H3,(H3,14,15,16,17,18,19).